The molecule has 9 nitrogen and oxygen atoms in total. The van der Waals surface area contributed by atoms with Gasteiger partial charge in [0.25, 0.3) is 5.91 Å². The highest BCUT2D eigenvalue weighted by Gasteiger charge is 2.57. The average molecular weight is 404 g/mol. The molecule has 0 aliphatic heterocycles. The van der Waals surface area contributed by atoms with Gasteiger partial charge in [0.05, 0.1) is 12.4 Å². The van der Waals surface area contributed by atoms with E-state index < -0.39 is 45.1 Å². The van der Waals surface area contributed by atoms with Gasteiger partial charge in [-0.1, -0.05) is 19.8 Å². The van der Waals surface area contributed by atoms with E-state index in [0.29, 0.717) is 12.8 Å². The monoisotopic (exact) mass is 403 g/mol. The van der Waals surface area contributed by atoms with E-state index >= 15 is 0 Å². The number of carbonyl (C=O) groups is 1. The van der Waals surface area contributed by atoms with Crippen LogP contribution in [-0.4, -0.2) is 87.8 Å². The molecule has 0 saturated heterocycles. The van der Waals surface area contributed by atoms with E-state index in [4.69, 9.17) is 5.11 Å². The normalized spacial score (nSPS) is 19.5. The van der Waals surface area contributed by atoms with Gasteiger partial charge in [0.15, 0.2) is 10.5 Å². The highest BCUT2D eigenvalue weighted by molar-refractivity contribution is 7.90. The fourth-order valence-corrected chi connectivity index (χ4v) is 3.25. The third kappa shape index (κ3) is 7.00. The molecule has 0 radical (unpaired) electrons. The van der Waals surface area contributed by atoms with Crippen LogP contribution in [0.3, 0.4) is 0 Å². The molecule has 0 fully saturated rings. The van der Waals surface area contributed by atoms with Crippen LogP contribution < -0.4 is 5.32 Å². The molecule has 4 unspecified atom stereocenters. The number of hydrogen-bond donors (Lipinski definition) is 7. The fraction of sp³-hybridized carbons (Fsp3) is 0.929. The van der Waals surface area contributed by atoms with Crippen molar-refractivity contribution in [1.82, 2.24) is 5.32 Å². The predicted octanol–water partition coefficient (Wildman–Crippen LogP) is -2.21. The molecule has 4 atom stereocenters. The Labute approximate surface area is 153 Å². The molecule has 0 aromatic heterocycles. The average Bonchev–Trinajstić information content (AvgIpc) is 2.53. The van der Waals surface area contributed by atoms with Gasteiger partial charge in [-0.2, -0.15) is 0 Å². The first-order valence-electron chi connectivity index (χ1n) is 7.93. The number of nitrogens with one attached hydrogen (secondary N) is 1. The van der Waals surface area contributed by atoms with Gasteiger partial charge in [-0.05, 0) is 12.8 Å². The summed E-state index contributed by atoms with van der Waals surface area (Å²) in [7, 11) is -3.21. The summed E-state index contributed by atoms with van der Waals surface area (Å²) in [6, 6.07) is 0. The second-order valence-corrected chi connectivity index (χ2v) is 9.07. The molecule has 1 amide bonds. The molecule has 11 heteroatoms. The van der Waals surface area contributed by atoms with Crippen LogP contribution in [0.2, 0.25) is 0 Å². The molecule has 0 aromatic rings. The van der Waals surface area contributed by atoms with Crippen LogP contribution in [0.4, 0.5) is 0 Å². The van der Waals surface area contributed by atoms with Gasteiger partial charge in [-0.25, -0.2) is 8.42 Å². The number of aliphatic hydroxyl groups excluding tert-OH is 3. The standard InChI is InChI=1S/C14H29NO8S2/c1-3-4-6-13(20,14(21,24)11(18)10(17)9-16)12(19)15-7-5-8-25(2,22)23/h10-11,16-18,20-21,24H,3-9H2,1-2H3,(H,15,19). The number of hydrogen-bond acceptors (Lipinski definition) is 9. The summed E-state index contributed by atoms with van der Waals surface area (Å²) >= 11 is 3.79. The van der Waals surface area contributed by atoms with Crippen molar-refractivity contribution in [2.45, 2.75) is 55.3 Å². The van der Waals surface area contributed by atoms with Crippen molar-refractivity contribution in [3.05, 3.63) is 0 Å². The number of amides is 1. The van der Waals surface area contributed by atoms with Crippen LogP contribution >= 0.6 is 12.6 Å². The van der Waals surface area contributed by atoms with Crippen LogP contribution in [0, 0.1) is 0 Å². The number of aliphatic hydroxyl groups is 5. The summed E-state index contributed by atoms with van der Waals surface area (Å²) in [5.74, 6) is -1.23. The number of rotatable bonds is 12. The molecule has 0 aliphatic rings. The minimum absolute atomic E-state index is 0.0805. The van der Waals surface area contributed by atoms with Gasteiger partial charge >= 0.3 is 0 Å². The molecule has 0 bridgehead atoms. The van der Waals surface area contributed by atoms with E-state index in [1.165, 1.54) is 0 Å². The predicted molar refractivity (Wildman–Crippen MR) is 94.8 cm³/mol. The molecule has 0 aromatic carbocycles. The van der Waals surface area contributed by atoms with Crippen LogP contribution in [0.25, 0.3) is 0 Å². The highest BCUT2D eigenvalue weighted by atomic mass is 32.2. The Bertz CT molecular complexity index is 525. The molecule has 0 rings (SSSR count). The van der Waals surface area contributed by atoms with E-state index in [1.807, 2.05) is 0 Å². The first-order chi connectivity index (χ1) is 11.3. The fourth-order valence-electron chi connectivity index (χ4n) is 2.19. The van der Waals surface area contributed by atoms with Gasteiger partial charge < -0.3 is 30.8 Å². The molecule has 0 saturated carbocycles. The topological polar surface area (TPSA) is 164 Å². The first-order valence-corrected chi connectivity index (χ1v) is 10.4. The Balaban J connectivity index is 5.25. The van der Waals surface area contributed by atoms with E-state index in [9.17, 15) is 33.6 Å². The summed E-state index contributed by atoms with van der Waals surface area (Å²) in [4.78, 5) is 9.64. The zero-order valence-corrected chi connectivity index (χ0v) is 16.1. The van der Waals surface area contributed by atoms with Crippen LogP contribution in [0.1, 0.15) is 32.6 Å². The summed E-state index contributed by atoms with van der Waals surface area (Å²) in [6.45, 7) is 0.785. The lowest BCUT2D eigenvalue weighted by Gasteiger charge is -2.42. The minimum atomic E-state index is -3.21. The summed E-state index contributed by atoms with van der Waals surface area (Å²) < 4.78 is 22.1. The molecule has 0 aliphatic carbocycles. The van der Waals surface area contributed by atoms with Gasteiger partial charge in [0, 0.05) is 12.8 Å². The van der Waals surface area contributed by atoms with Gasteiger partial charge in [0.1, 0.15) is 22.0 Å². The maximum Gasteiger partial charge on any atom is 0.256 e. The van der Waals surface area contributed by atoms with Crippen LogP contribution in [-0.2, 0) is 14.6 Å². The number of carbonyl (C=O) groups excluding carboxylic acids is 1. The number of thiol groups is 1. The van der Waals surface area contributed by atoms with Crippen molar-refractivity contribution in [3.63, 3.8) is 0 Å². The van der Waals surface area contributed by atoms with Crippen molar-refractivity contribution in [1.29, 1.82) is 0 Å². The van der Waals surface area contributed by atoms with E-state index in [-0.39, 0.29) is 25.1 Å². The van der Waals surface area contributed by atoms with Crippen molar-refractivity contribution in [3.8, 4) is 0 Å². The molecule has 25 heavy (non-hydrogen) atoms. The van der Waals surface area contributed by atoms with Crippen LogP contribution in [0.5, 0.6) is 0 Å². The quantitative estimate of drug-likeness (QED) is 0.109. The number of sulfone groups is 1. The molecule has 6 N–H and O–H groups in total. The lowest BCUT2D eigenvalue weighted by molar-refractivity contribution is -0.189. The third-order valence-corrected chi connectivity index (χ3v) is 5.48. The maximum absolute atomic E-state index is 12.4. The van der Waals surface area contributed by atoms with E-state index in [2.05, 4.69) is 17.9 Å². The molecular weight excluding hydrogens is 374 g/mol. The second kappa shape index (κ2) is 10.0. The highest BCUT2D eigenvalue weighted by Crippen LogP contribution is 2.36. The lowest BCUT2D eigenvalue weighted by Crippen LogP contribution is -2.67. The summed E-state index contributed by atoms with van der Waals surface area (Å²) in [5, 5.41) is 51.8. The summed E-state index contributed by atoms with van der Waals surface area (Å²) in [6.07, 6.45) is -2.19. The minimum Gasteiger partial charge on any atom is -0.394 e. The van der Waals surface area contributed by atoms with Gasteiger partial charge in [-0.15, -0.1) is 12.6 Å². The molecular formula is C14H29NO8S2. The largest absolute Gasteiger partial charge is 0.394 e. The second-order valence-electron chi connectivity index (χ2n) is 6.12. The van der Waals surface area contributed by atoms with Gasteiger partial charge in [0.2, 0.25) is 0 Å². The maximum atomic E-state index is 12.4. The van der Waals surface area contributed by atoms with Crippen LogP contribution in [0.15, 0.2) is 0 Å². The van der Waals surface area contributed by atoms with E-state index in [1.54, 1.807) is 6.92 Å². The Morgan fingerprint density at radius 1 is 1.24 bits per heavy atom. The Morgan fingerprint density at radius 2 is 1.80 bits per heavy atom. The van der Waals surface area contributed by atoms with Crippen molar-refractivity contribution in [2.24, 2.45) is 0 Å². The summed E-state index contributed by atoms with van der Waals surface area (Å²) in [5.41, 5.74) is -2.56. The Morgan fingerprint density at radius 3 is 2.24 bits per heavy atom. The zero-order valence-electron chi connectivity index (χ0n) is 14.4. The molecule has 0 heterocycles. The third-order valence-electron chi connectivity index (χ3n) is 3.82. The molecule has 150 valence electrons. The Kier molecular flexibility index (Phi) is 9.87. The SMILES string of the molecule is CCCCC(O)(C(=O)NCCCS(C)(=O)=O)C(O)(S)C(O)C(O)CO. The molecule has 0 spiro atoms. The number of unbranched alkanes of at least 4 members (excludes halogenated alkanes) is 1. The lowest BCUT2D eigenvalue weighted by atomic mass is 9.84. The van der Waals surface area contributed by atoms with Crippen molar-refractivity contribution >= 4 is 28.4 Å². The van der Waals surface area contributed by atoms with Gasteiger partial charge in [-0.3, -0.25) is 4.79 Å². The smallest absolute Gasteiger partial charge is 0.256 e. The van der Waals surface area contributed by atoms with Crippen molar-refractivity contribution < 1.29 is 38.7 Å². The zero-order chi connectivity index (χ0) is 19.9. The van der Waals surface area contributed by atoms with E-state index in [0.717, 1.165) is 6.26 Å². The van der Waals surface area contributed by atoms with Crippen molar-refractivity contribution in [2.75, 3.05) is 25.2 Å². The first kappa shape index (κ1) is 24.6. The Hall–Kier alpha value is -0.430.